The molecule has 2 N–H and O–H groups in total. The summed E-state index contributed by atoms with van der Waals surface area (Å²) in [5.41, 5.74) is -3.96. The minimum absolute atomic E-state index is 0.366. The second-order valence-electron chi connectivity index (χ2n) is 6.82. The minimum atomic E-state index is -4.99. The molecule has 2 aromatic rings. The second kappa shape index (κ2) is 8.02. The molecule has 1 heterocycles. The number of anilines is 2. The van der Waals surface area contributed by atoms with Crippen LogP contribution in [0.25, 0.3) is 0 Å². The molecule has 0 unspecified atom stereocenters. The minimum Gasteiger partial charge on any atom is -0.444 e. The van der Waals surface area contributed by atoms with Gasteiger partial charge in [0, 0.05) is 5.69 Å². The van der Waals surface area contributed by atoms with Crippen LogP contribution < -0.4 is 10.6 Å². The van der Waals surface area contributed by atoms with Crippen molar-refractivity contribution in [1.82, 2.24) is 4.98 Å². The largest absolute Gasteiger partial charge is 0.444 e. The molecule has 1 aromatic heterocycles. The van der Waals surface area contributed by atoms with Crippen LogP contribution in [0.3, 0.4) is 0 Å². The lowest BCUT2D eigenvalue weighted by Crippen LogP contribution is -2.28. The van der Waals surface area contributed by atoms with E-state index in [1.54, 1.807) is 20.8 Å². The van der Waals surface area contributed by atoms with Gasteiger partial charge in [0.1, 0.15) is 17.0 Å². The highest BCUT2D eigenvalue weighted by atomic mass is 19.4. The monoisotopic (exact) mass is 417 g/mol. The van der Waals surface area contributed by atoms with Crippen molar-refractivity contribution in [2.75, 3.05) is 10.6 Å². The third-order valence-electron chi connectivity index (χ3n) is 3.29. The molecule has 1 aromatic carbocycles. The Kier molecular flexibility index (Phi) is 6.10. The number of amides is 2. The van der Waals surface area contributed by atoms with E-state index in [-0.39, 0.29) is 5.69 Å². The summed E-state index contributed by atoms with van der Waals surface area (Å²) >= 11 is 0. The third-order valence-corrected chi connectivity index (χ3v) is 3.29. The Morgan fingerprint density at radius 3 is 2.24 bits per heavy atom. The van der Waals surface area contributed by atoms with Gasteiger partial charge in [-0.1, -0.05) is 0 Å². The first-order chi connectivity index (χ1) is 13.3. The SMILES string of the molecule is CC(C)(C)OC(=O)Nc1cncc(F)c1C(=O)Nc1ccc(F)c(C(F)(F)F)c1. The number of benzene rings is 1. The zero-order valence-electron chi connectivity index (χ0n) is 15.4. The standard InChI is InChI=1S/C18H16F5N3O3/c1-17(2,3)29-16(28)26-13-8-24-7-12(20)14(13)15(27)25-9-4-5-11(19)10(6-9)18(21,22)23/h4-8H,1-3H3,(H,25,27)(H,26,28). The van der Waals surface area contributed by atoms with Crippen LogP contribution in [0.1, 0.15) is 36.7 Å². The smallest absolute Gasteiger partial charge is 0.419 e. The van der Waals surface area contributed by atoms with E-state index in [9.17, 15) is 31.5 Å². The molecule has 0 saturated carbocycles. The second-order valence-corrected chi connectivity index (χ2v) is 6.82. The fourth-order valence-corrected chi connectivity index (χ4v) is 2.19. The lowest BCUT2D eigenvalue weighted by atomic mass is 10.1. The molecule has 0 radical (unpaired) electrons. The first-order valence-corrected chi connectivity index (χ1v) is 8.09. The van der Waals surface area contributed by atoms with Crippen LogP contribution >= 0.6 is 0 Å². The molecule has 0 aliphatic rings. The summed E-state index contributed by atoms with van der Waals surface area (Å²) in [6.45, 7) is 4.74. The van der Waals surface area contributed by atoms with Crippen LogP contribution in [0, 0.1) is 11.6 Å². The molecule has 0 spiro atoms. The zero-order chi connectivity index (χ0) is 22.0. The predicted octanol–water partition coefficient (Wildman–Crippen LogP) is 4.98. The summed E-state index contributed by atoms with van der Waals surface area (Å²) in [6.07, 6.45) is -4.34. The maximum atomic E-state index is 14.2. The number of nitrogens with zero attached hydrogens (tertiary/aromatic N) is 1. The quantitative estimate of drug-likeness (QED) is 0.691. The summed E-state index contributed by atoms with van der Waals surface area (Å²) in [4.78, 5) is 27.8. The Labute approximate surface area is 162 Å². The summed E-state index contributed by atoms with van der Waals surface area (Å²) in [5.74, 6) is -3.86. The van der Waals surface area contributed by atoms with E-state index in [4.69, 9.17) is 4.74 Å². The van der Waals surface area contributed by atoms with Crippen LogP contribution in [0.15, 0.2) is 30.6 Å². The van der Waals surface area contributed by atoms with Gasteiger partial charge < -0.3 is 10.1 Å². The number of halogens is 5. The first kappa shape index (κ1) is 22.1. The van der Waals surface area contributed by atoms with Gasteiger partial charge in [0.15, 0.2) is 5.82 Å². The number of alkyl halides is 3. The number of carbonyl (C=O) groups is 2. The summed E-state index contributed by atoms with van der Waals surface area (Å²) in [6, 6.07) is 1.76. The van der Waals surface area contributed by atoms with Crippen molar-refractivity contribution in [3.8, 4) is 0 Å². The average molecular weight is 417 g/mol. The fourth-order valence-electron chi connectivity index (χ4n) is 2.19. The lowest BCUT2D eigenvalue weighted by Gasteiger charge is -2.20. The third kappa shape index (κ3) is 5.87. The number of ether oxygens (including phenoxy) is 1. The molecule has 2 amide bonds. The highest BCUT2D eigenvalue weighted by molar-refractivity contribution is 6.09. The van der Waals surface area contributed by atoms with Gasteiger partial charge in [0.05, 0.1) is 23.6 Å². The highest BCUT2D eigenvalue weighted by Crippen LogP contribution is 2.33. The Hall–Kier alpha value is -3.24. The van der Waals surface area contributed by atoms with Crippen molar-refractivity contribution >= 4 is 23.4 Å². The molecule has 0 aliphatic heterocycles. The normalized spacial score (nSPS) is 11.7. The molecule has 0 bridgehead atoms. The van der Waals surface area contributed by atoms with Gasteiger partial charge >= 0.3 is 12.3 Å². The summed E-state index contributed by atoms with van der Waals surface area (Å²) in [7, 11) is 0. The van der Waals surface area contributed by atoms with E-state index in [1.807, 2.05) is 5.32 Å². The van der Waals surface area contributed by atoms with Gasteiger partial charge in [-0.15, -0.1) is 0 Å². The van der Waals surface area contributed by atoms with E-state index in [0.717, 1.165) is 12.3 Å². The molecule has 156 valence electrons. The molecule has 11 heteroatoms. The fraction of sp³-hybridized carbons (Fsp3) is 0.278. The molecule has 0 aliphatic carbocycles. The van der Waals surface area contributed by atoms with Crippen LogP contribution in [-0.2, 0) is 10.9 Å². The topological polar surface area (TPSA) is 80.3 Å². The molecule has 2 rings (SSSR count). The Morgan fingerprint density at radius 2 is 1.66 bits per heavy atom. The van der Waals surface area contributed by atoms with Crippen molar-refractivity contribution in [3.05, 3.63) is 53.4 Å². The Bertz CT molecular complexity index is 939. The van der Waals surface area contributed by atoms with Gasteiger partial charge in [-0.3, -0.25) is 15.1 Å². The summed E-state index contributed by atoms with van der Waals surface area (Å²) < 4.78 is 71.0. The van der Waals surface area contributed by atoms with Gasteiger partial charge in [-0.25, -0.2) is 13.6 Å². The average Bonchev–Trinajstić information content (AvgIpc) is 2.53. The van der Waals surface area contributed by atoms with Crippen LogP contribution in [-0.4, -0.2) is 22.6 Å². The molecule has 0 saturated heterocycles. The number of nitrogens with one attached hydrogen (secondary N) is 2. The van der Waals surface area contributed by atoms with Crippen LogP contribution in [0.4, 0.5) is 38.1 Å². The van der Waals surface area contributed by atoms with Gasteiger partial charge in [-0.2, -0.15) is 13.2 Å². The van der Waals surface area contributed by atoms with Gasteiger partial charge in [0.2, 0.25) is 0 Å². The van der Waals surface area contributed by atoms with Crippen molar-refractivity contribution in [2.45, 2.75) is 32.5 Å². The molecule has 29 heavy (non-hydrogen) atoms. The van der Waals surface area contributed by atoms with Crippen molar-refractivity contribution in [3.63, 3.8) is 0 Å². The van der Waals surface area contributed by atoms with E-state index >= 15 is 0 Å². The Morgan fingerprint density at radius 1 is 1.00 bits per heavy atom. The number of aromatic nitrogens is 1. The van der Waals surface area contributed by atoms with Crippen molar-refractivity contribution in [1.29, 1.82) is 0 Å². The van der Waals surface area contributed by atoms with E-state index < -0.39 is 52.2 Å². The van der Waals surface area contributed by atoms with E-state index in [1.165, 1.54) is 0 Å². The van der Waals surface area contributed by atoms with Gasteiger partial charge in [0.25, 0.3) is 5.91 Å². The highest BCUT2D eigenvalue weighted by Gasteiger charge is 2.34. The first-order valence-electron chi connectivity index (χ1n) is 8.09. The molecule has 0 atom stereocenters. The predicted molar refractivity (Wildman–Crippen MR) is 93.4 cm³/mol. The number of carbonyl (C=O) groups excluding carboxylic acids is 2. The summed E-state index contributed by atoms with van der Waals surface area (Å²) in [5, 5.41) is 4.19. The van der Waals surface area contributed by atoms with Crippen LogP contribution in [0.2, 0.25) is 0 Å². The molecular formula is C18H16F5N3O3. The number of hydrogen-bond donors (Lipinski definition) is 2. The number of rotatable bonds is 3. The van der Waals surface area contributed by atoms with E-state index in [0.29, 0.717) is 18.3 Å². The van der Waals surface area contributed by atoms with Crippen molar-refractivity contribution < 1.29 is 36.3 Å². The van der Waals surface area contributed by atoms with Crippen molar-refractivity contribution in [2.24, 2.45) is 0 Å². The van der Waals surface area contributed by atoms with E-state index in [2.05, 4.69) is 10.3 Å². The molecule has 6 nitrogen and oxygen atoms in total. The Balaban J connectivity index is 2.31. The number of hydrogen-bond acceptors (Lipinski definition) is 4. The lowest BCUT2D eigenvalue weighted by molar-refractivity contribution is -0.139. The number of pyridine rings is 1. The molecular weight excluding hydrogens is 401 g/mol. The zero-order valence-corrected chi connectivity index (χ0v) is 15.4. The maximum Gasteiger partial charge on any atom is 0.419 e. The molecule has 0 fully saturated rings. The van der Waals surface area contributed by atoms with Crippen LogP contribution in [0.5, 0.6) is 0 Å². The van der Waals surface area contributed by atoms with Gasteiger partial charge in [-0.05, 0) is 39.0 Å². The maximum absolute atomic E-state index is 14.2.